The maximum atomic E-state index is 12.3. The minimum atomic E-state index is 0.158. The van der Waals surface area contributed by atoms with Crippen molar-refractivity contribution in [2.24, 2.45) is 17.6 Å². The van der Waals surface area contributed by atoms with E-state index in [9.17, 15) is 4.79 Å². The fraction of sp³-hybridized carbons (Fsp3) is 0.929. The number of hydrogen-bond donors (Lipinski definition) is 1. The molecule has 1 aliphatic carbocycles. The SMILES string of the molecule is CCCCCN(C)C(=O)C1CC(N)CCC1C. The van der Waals surface area contributed by atoms with Crippen LogP contribution in [-0.2, 0) is 4.79 Å². The summed E-state index contributed by atoms with van der Waals surface area (Å²) in [4.78, 5) is 14.2. The zero-order chi connectivity index (χ0) is 12.8. The molecule has 3 heteroatoms. The summed E-state index contributed by atoms with van der Waals surface area (Å²) in [5, 5.41) is 0. The third-order valence-electron chi connectivity index (χ3n) is 4.03. The molecule has 0 bridgehead atoms. The summed E-state index contributed by atoms with van der Waals surface area (Å²) >= 11 is 0. The third-order valence-corrected chi connectivity index (χ3v) is 4.03. The van der Waals surface area contributed by atoms with Crippen LogP contribution in [-0.4, -0.2) is 30.4 Å². The van der Waals surface area contributed by atoms with E-state index in [0.29, 0.717) is 11.8 Å². The molecule has 0 aromatic carbocycles. The highest BCUT2D eigenvalue weighted by Crippen LogP contribution is 2.30. The lowest BCUT2D eigenvalue weighted by molar-refractivity contribution is -0.137. The zero-order valence-corrected chi connectivity index (χ0v) is 11.6. The van der Waals surface area contributed by atoms with Gasteiger partial charge in [-0.15, -0.1) is 0 Å². The number of amides is 1. The fourth-order valence-corrected chi connectivity index (χ4v) is 2.69. The minimum Gasteiger partial charge on any atom is -0.346 e. The van der Waals surface area contributed by atoms with Crippen molar-refractivity contribution in [3.63, 3.8) is 0 Å². The lowest BCUT2D eigenvalue weighted by Gasteiger charge is -2.34. The smallest absolute Gasteiger partial charge is 0.225 e. The molecule has 1 rings (SSSR count). The molecule has 3 atom stereocenters. The van der Waals surface area contributed by atoms with Crippen LogP contribution < -0.4 is 5.73 Å². The average molecular weight is 240 g/mol. The predicted octanol–water partition coefficient (Wildman–Crippen LogP) is 2.40. The first-order chi connectivity index (χ1) is 8.06. The Morgan fingerprint density at radius 3 is 2.71 bits per heavy atom. The molecule has 0 radical (unpaired) electrons. The van der Waals surface area contributed by atoms with E-state index in [1.165, 1.54) is 12.8 Å². The molecule has 0 aromatic rings. The molecule has 3 nitrogen and oxygen atoms in total. The molecule has 2 N–H and O–H groups in total. The van der Waals surface area contributed by atoms with Crippen LogP contribution in [0.3, 0.4) is 0 Å². The van der Waals surface area contributed by atoms with E-state index in [1.54, 1.807) is 0 Å². The lowest BCUT2D eigenvalue weighted by atomic mass is 9.77. The van der Waals surface area contributed by atoms with Gasteiger partial charge in [0.2, 0.25) is 5.91 Å². The van der Waals surface area contributed by atoms with Crippen molar-refractivity contribution in [3.8, 4) is 0 Å². The van der Waals surface area contributed by atoms with Crippen LogP contribution in [0, 0.1) is 11.8 Å². The van der Waals surface area contributed by atoms with Gasteiger partial charge in [-0.3, -0.25) is 4.79 Å². The number of nitrogens with two attached hydrogens (primary N) is 1. The molecular weight excluding hydrogens is 212 g/mol. The molecular formula is C14H28N2O. The van der Waals surface area contributed by atoms with E-state index in [2.05, 4.69) is 13.8 Å². The van der Waals surface area contributed by atoms with Crippen molar-refractivity contribution in [1.82, 2.24) is 4.90 Å². The highest BCUT2D eigenvalue weighted by Gasteiger charge is 2.32. The van der Waals surface area contributed by atoms with Gasteiger partial charge in [0.05, 0.1) is 0 Å². The van der Waals surface area contributed by atoms with Gasteiger partial charge in [-0.05, 0) is 31.6 Å². The van der Waals surface area contributed by atoms with Crippen LogP contribution in [0.25, 0.3) is 0 Å². The van der Waals surface area contributed by atoms with Crippen molar-refractivity contribution in [2.45, 2.75) is 58.4 Å². The summed E-state index contributed by atoms with van der Waals surface area (Å²) < 4.78 is 0. The molecule has 0 aliphatic heterocycles. The highest BCUT2D eigenvalue weighted by atomic mass is 16.2. The van der Waals surface area contributed by atoms with Gasteiger partial charge in [-0.25, -0.2) is 0 Å². The van der Waals surface area contributed by atoms with Crippen molar-refractivity contribution < 1.29 is 4.79 Å². The van der Waals surface area contributed by atoms with E-state index in [0.717, 1.165) is 32.2 Å². The van der Waals surface area contributed by atoms with Crippen LogP contribution in [0.2, 0.25) is 0 Å². The Hall–Kier alpha value is -0.570. The number of hydrogen-bond acceptors (Lipinski definition) is 2. The molecule has 0 heterocycles. The Morgan fingerprint density at radius 1 is 1.35 bits per heavy atom. The van der Waals surface area contributed by atoms with E-state index in [4.69, 9.17) is 5.73 Å². The molecule has 0 spiro atoms. The standard InChI is InChI=1S/C14H28N2O/c1-4-5-6-9-16(3)14(17)13-10-12(15)8-7-11(13)2/h11-13H,4-10,15H2,1-3H3. The van der Waals surface area contributed by atoms with Gasteiger partial charge in [0.15, 0.2) is 0 Å². The van der Waals surface area contributed by atoms with E-state index >= 15 is 0 Å². The first kappa shape index (κ1) is 14.5. The molecule has 100 valence electrons. The Labute approximate surface area is 106 Å². The van der Waals surface area contributed by atoms with Crippen LogP contribution in [0.1, 0.15) is 52.4 Å². The monoisotopic (exact) mass is 240 g/mol. The zero-order valence-electron chi connectivity index (χ0n) is 11.6. The van der Waals surface area contributed by atoms with Gasteiger partial charge in [0.1, 0.15) is 0 Å². The van der Waals surface area contributed by atoms with Crippen LogP contribution >= 0.6 is 0 Å². The number of carbonyl (C=O) groups excluding carboxylic acids is 1. The summed E-state index contributed by atoms with van der Waals surface area (Å²) in [5.74, 6) is 0.963. The Balaban J connectivity index is 2.43. The number of rotatable bonds is 5. The summed E-state index contributed by atoms with van der Waals surface area (Å²) in [5.41, 5.74) is 5.98. The number of carbonyl (C=O) groups is 1. The number of unbranched alkanes of at least 4 members (excludes halogenated alkanes) is 2. The van der Waals surface area contributed by atoms with Gasteiger partial charge < -0.3 is 10.6 Å². The van der Waals surface area contributed by atoms with E-state index < -0.39 is 0 Å². The molecule has 17 heavy (non-hydrogen) atoms. The Morgan fingerprint density at radius 2 is 2.06 bits per heavy atom. The first-order valence-corrected chi connectivity index (χ1v) is 7.06. The molecule has 0 saturated heterocycles. The topological polar surface area (TPSA) is 46.3 Å². The quantitative estimate of drug-likeness (QED) is 0.750. The normalized spacial score (nSPS) is 29.1. The third kappa shape index (κ3) is 4.30. The maximum Gasteiger partial charge on any atom is 0.225 e. The van der Waals surface area contributed by atoms with Crippen LogP contribution in [0.15, 0.2) is 0 Å². The second-order valence-corrected chi connectivity index (χ2v) is 5.62. The summed E-state index contributed by atoms with van der Waals surface area (Å²) in [6.45, 7) is 5.27. The highest BCUT2D eigenvalue weighted by molar-refractivity contribution is 5.79. The molecule has 3 unspecified atom stereocenters. The van der Waals surface area contributed by atoms with Gasteiger partial charge in [0, 0.05) is 25.6 Å². The summed E-state index contributed by atoms with van der Waals surface area (Å²) in [7, 11) is 1.94. The van der Waals surface area contributed by atoms with E-state index in [-0.39, 0.29) is 12.0 Å². The maximum absolute atomic E-state index is 12.3. The summed E-state index contributed by atoms with van der Waals surface area (Å²) in [6.07, 6.45) is 6.57. The van der Waals surface area contributed by atoms with Gasteiger partial charge in [0.25, 0.3) is 0 Å². The Kier molecular flexibility index (Phi) is 5.96. The molecule has 1 aliphatic rings. The average Bonchev–Trinajstić information content (AvgIpc) is 2.31. The van der Waals surface area contributed by atoms with E-state index in [1.807, 2.05) is 11.9 Å². The van der Waals surface area contributed by atoms with Crippen molar-refractivity contribution >= 4 is 5.91 Å². The molecule has 1 saturated carbocycles. The summed E-state index contributed by atoms with van der Waals surface area (Å²) in [6, 6.07) is 0.226. The first-order valence-electron chi connectivity index (χ1n) is 7.06. The lowest BCUT2D eigenvalue weighted by Crippen LogP contribution is -2.42. The second kappa shape index (κ2) is 7.00. The van der Waals surface area contributed by atoms with Crippen molar-refractivity contribution in [2.75, 3.05) is 13.6 Å². The largest absolute Gasteiger partial charge is 0.346 e. The molecule has 1 amide bonds. The van der Waals surface area contributed by atoms with Gasteiger partial charge in [-0.2, -0.15) is 0 Å². The van der Waals surface area contributed by atoms with Crippen LogP contribution in [0.4, 0.5) is 0 Å². The second-order valence-electron chi connectivity index (χ2n) is 5.62. The molecule has 0 aromatic heterocycles. The predicted molar refractivity (Wildman–Crippen MR) is 71.6 cm³/mol. The van der Waals surface area contributed by atoms with Crippen molar-refractivity contribution in [1.29, 1.82) is 0 Å². The van der Waals surface area contributed by atoms with Gasteiger partial charge in [-0.1, -0.05) is 26.7 Å². The molecule has 1 fully saturated rings. The van der Waals surface area contributed by atoms with Crippen molar-refractivity contribution in [3.05, 3.63) is 0 Å². The van der Waals surface area contributed by atoms with Gasteiger partial charge >= 0.3 is 0 Å². The number of nitrogens with zero attached hydrogens (tertiary/aromatic N) is 1. The fourth-order valence-electron chi connectivity index (χ4n) is 2.69. The Bertz CT molecular complexity index is 242. The minimum absolute atomic E-state index is 0.158. The van der Waals surface area contributed by atoms with Crippen LogP contribution in [0.5, 0.6) is 0 Å².